The Labute approximate surface area is 167 Å². The topological polar surface area (TPSA) is 21.7 Å². The van der Waals surface area contributed by atoms with Crippen molar-refractivity contribution in [2.45, 2.75) is 32.0 Å². The average Bonchev–Trinajstić information content (AvgIpc) is 2.74. The Kier molecular flexibility index (Phi) is 5.63. The minimum Gasteiger partial charge on any atom is -0.497 e. The van der Waals surface area contributed by atoms with Gasteiger partial charge in [0.05, 0.1) is 14.2 Å². The lowest BCUT2D eigenvalue weighted by molar-refractivity contribution is 0.161. The second kappa shape index (κ2) is 8.49. The molecule has 0 bridgehead atoms. The summed E-state index contributed by atoms with van der Waals surface area (Å²) in [6.45, 7) is 1.84. The van der Waals surface area contributed by atoms with Crippen molar-refractivity contribution in [2.75, 3.05) is 14.2 Å². The van der Waals surface area contributed by atoms with Crippen LogP contribution >= 0.6 is 0 Å². The molecular formula is C25H27NO2. The van der Waals surface area contributed by atoms with E-state index in [4.69, 9.17) is 9.47 Å². The Balaban J connectivity index is 1.62. The zero-order chi connectivity index (χ0) is 19.3. The Morgan fingerprint density at radius 3 is 2.11 bits per heavy atom. The van der Waals surface area contributed by atoms with E-state index in [0.29, 0.717) is 6.04 Å². The molecule has 0 saturated heterocycles. The lowest BCUT2D eigenvalue weighted by Gasteiger charge is -2.37. The van der Waals surface area contributed by atoms with Gasteiger partial charge in [-0.15, -0.1) is 0 Å². The zero-order valence-electron chi connectivity index (χ0n) is 16.6. The van der Waals surface area contributed by atoms with Gasteiger partial charge in [-0.1, -0.05) is 54.6 Å². The number of nitrogens with zero attached hydrogens (tertiary/aromatic N) is 1. The van der Waals surface area contributed by atoms with E-state index in [0.717, 1.165) is 37.4 Å². The van der Waals surface area contributed by atoms with Gasteiger partial charge in [0.1, 0.15) is 11.5 Å². The number of hydrogen-bond donors (Lipinski definition) is 0. The molecule has 1 aliphatic heterocycles. The van der Waals surface area contributed by atoms with Crippen LogP contribution in [-0.4, -0.2) is 25.2 Å². The highest BCUT2D eigenvalue weighted by atomic mass is 16.5. The third-order valence-electron chi connectivity index (χ3n) is 5.57. The minimum atomic E-state index is 0.467. The van der Waals surface area contributed by atoms with E-state index in [1.54, 1.807) is 14.2 Å². The second-order valence-corrected chi connectivity index (χ2v) is 7.44. The van der Waals surface area contributed by atoms with Crippen LogP contribution in [0, 0.1) is 0 Å². The third kappa shape index (κ3) is 4.20. The highest BCUT2D eigenvalue weighted by molar-refractivity contribution is 5.39. The number of benzene rings is 3. The number of rotatable bonds is 6. The molecule has 0 fully saturated rings. The van der Waals surface area contributed by atoms with Gasteiger partial charge < -0.3 is 9.47 Å². The number of fused-ring (bicyclic) bond motifs is 1. The van der Waals surface area contributed by atoms with Crippen LogP contribution < -0.4 is 9.47 Å². The van der Waals surface area contributed by atoms with Crippen molar-refractivity contribution >= 4 is 0 Å². The van der Waals surface area contributed by atoms with Gasteiger partial charge in [0, 0.05) is 25.2 Å². The summed E-state index contributed by atoms with van der Waals surface area (Å²) in [5.41, 5.74) is 5.51. The lowest BCUT2D eigenvalue weighted by Crippen LogP contribution is -2.41. The maximum absolute atomic E-state index is 5.47. The minimum absolute atomic E-state index is 0.467. The van der Waals surface area contributed by atoms with E-state index in [2.05, 4.69) is 71.6 Å². The summed E-state index contributed by atoms with van der Waals surface area (Å²) in [4.78, 5) is 2.59. The van der Waals surface area contributed by atoms with E-state index < -0.39 is 0 Å². The molecule has 1 atom stereocenters. The van der Waals surface area contributed by atoms with Gasteiger partial charge in [-0.2, -0.15) is 0 Å². The van der Waals surface area contributed by atoms with Crippen LogP contribution in [0.1, 0.15) is 22.3 Å². The maximum atomic E-state index is 5.47. The van der Waals surface area contributed by atoms with Gasteiger partial charge in [0.15, 0.2) is 0 Å². The Bertz CT molecular complexity index is 901. The molecule has 0 aromatic heterocycles. The third-order valence-corrected chi connectivity index (χ3v) is 5.57. The van der Waals surface area contributed by atoms with Crippen molar-refractivity contribution in [2.24, 2.45) is 0 Å². The van der Waals surface area contributed by atoms with Gasteiger partial charge in [0.2, 0.25) is 0 Å². The maximum Gasteiger partial charge on any atom is 0.122 e. The molecular weight excluding hydrogens is 346 g/mol. The van der Waals surface area contributed by atoms with Crippen molar-refractivity contribution in [3.05, 3.63) is 95.1 Å². The van der Waals surface area contributed by atoms with Crippen molar-refractivity contribution in [1.82, 2.24) is 4.90 Å². The normalized spacial score (nSPS) is 16.4. The van der Waals surface area contributed by atoms with Crippen LogP contribution in [0.25, 0.3) is 0 Å². The molecule has 1 unspecified atom stereocenters. The Hall–Kier alpha value is -2.78. The van der Waals surface area contributed by atoms with Crippen LogP contribution in [0.4, 0.5) is 0 Å². The highest BCUT2D eigenvalue weighted by Crippen LogP contribution is 2.29. The summed E-state index contributed by atoms with van der Waals surface area (Å²) in [5, 5.41) is 0. The fourth-order valence-corrected chi connectivity index (χ4v) is 4.11. The zero-order valence-corrected chi connectivity index (χ0v) is 16.6. The molecule has 0 amide bonds. The van der Waals surface area contributed by atoms with Crippen LogP contribution in [0.3, 0.4) is 0 Å². The monoisotopic (exact) mass is 373 g/mol. The van der Waals surface area contributed by atoms with Gasteiger partial charge in [0.25, 0.3) is 0 Å². The van der Waals surface area contributed by atoms with Crippen molar-refractivity contribution in [1.29, 1.82) is 0 Å². The first-order valence-corrected chi connectivity index (χ1v) is 9.82. The van der Waals surface area contributed by atoms with Gasteiger partial charge in [-0.25, -0.2) is 0 Å². The molecule has 1 aliphatic rings. The number of ether oxygens (including phenoxy) is 2. The molecule has 3 aromatic rings. The van der Waals surface area contributed by atoms with Crippen LogP contribution in [-0.2, 0) is 25.9 Å². The van der Waals surface area contributed by atoms with E-state index in [-0.39, 0.29) is 0 Å². The second-order valence-electron chi connectivity index (χ2n) is 7.44. The van der Waals surface area contributed by atoms with E-state index in [1.807, 2.05) is 6.07 Å². The summed E-state index contributed by atoms with van der Waals surface area (Å²) >= 11 is 0. The fourth-order valence-electron chi connectivity index (χ4n) is 4.11. The predicted octanol–water partition coefficient (Wildman–Crippen LogP) is 4.87. The van der Waals surface area contributed by atoms with Crippen LogP contribution in [0.2, 0.25) is 0 Å². The van der Waals surface area contributed by atoms with Gasteiger partial charge in [-0.3, -0.25) is 4.90 Å². The molecule has 0 aliphatic carbocycles. The van der Waals surface area contributed by atoms with E-state index in [9.17, 15) is 0 Å². The average molecular weight is 373 g/mol. The number of hydrogen-bond acceptors (Lipinski definition) is 3. The van der Waals surface area contributed by atoms with Gasteiger partial charge >= 0.3 is 0 Å². The number of methoxy groups -OCH3 is 2. The quantitative estimate of drug-likeness (QED) is 0.615. The summed E-state index contributed by atoms with van der Waals surface area (Å²) < 4.78 is 10.9. The van der Waals surface area contributed by atoms with E-state index in [1.165, 1.54) is 22.3 Å². The van der Waals surface area contributed by atoms with Crippen molar-refractivity contribution in [3.63, 3.8) is 0 Å². The summed E-state index contributed by atoms with van der Waals surface area (Å²) in [6, 6.07) is 26.3. The van der Waals surface area contributed by atoms with E-state index >= 15 is 0 Å². The first-order valence-electron chi connectivity index (χ1n) is 9.82. The molecule has 28 heavy (non-hydrogen) atoms. The van der Waals surface area contributed by atoms with Gasteiger partial charge in [-0.05, 0) is 47.2 Å². The van der Waals surface area contributed by atoms with Crippen LogP contribution in [0.15, 0.2) is 72.8 Å². The van der Waals surface area contributed by atoms with Crippen molar-refractivity contribution in [3.8, 4) is 11.5 Å². The largest absolute Gasteiger partial charge is 0.497 e. The molecule has 3 heteroatoms. The molecule has 0 radical (unpaired) electrons. The molecule has 0 N–H and O–H groups in total. The Morgan fingerprint density at radius 2 is 1.43 bits per heavy atom. The summed E-state index contributed by atoms with van der Waals surface area (Å²) in [5.74, 6) is 1.68. The molecule has 0 saturated carbocycles. The molecule has 1 heterocycles. The van der Waals surface area contributed by atoms with Crippen molar-refractivity contribution < 1.29 is 9.47 Å². The molecule has 144 valence electrons. The predicted molar refractivity (Wildman–Crippen MR) is 113 cm³/mol. The first-order chi connectivity index (χ1) is 13.7. The standard InChI is InChI=1S/C25H27NO2/c1-27-24-13-20(14-25(16-24)28-2)17-26-18-22-11-7-6-10-21(22)15-23(26)12-19-8-4-3-5-9-19/h3-11,13-14,16,23H,12,15,17-18H2,1-2H3. The highest BCUT2D eigenvalue weighted by Gasteiger charge is 2.26. The molecule has 3 aromatic carbocycles. The first kappa shape index (κ1) is 18.6. The fraction of sp³-hybridized carbons (Fsp3) is 0.280. The smallest absolute Gasteiger partial charge is 0.122 e. The Morgan fingerprint density at radius 1 is 0.786 bits per heavy atom. The SMILES string of the molecule is COc1cc(CN2Cc3ccccc3CC2Cc2ccccc2)cc(OC)c1. The van der Waals surface area contributed by atoms with Crippen LogP contribution in [0.5, 0.6) is 11.5 Å². The summed E-state index contributed by atoms with van der Waals surface area (Å²) in [6.07, 6.45) is 2.13. The summed E-state index contributed by atoms with van der Waals surface area (Å²) in [7, 11) is 3.40. The molecule has 3 nitrogen and oxygen atoms in total. The molecule has 4 rings (SSSR count). The molecule has 0 spiro atoms. The lowest BCUT2D eigenvalue weighted by atomic mass is 9.90.